The van der Waals surface area contributed by atoms with E-state index in [0.717, 1.165) is 18.2 Å². The zero-order valence-electron chi connectivity index (χ0n) is 13.0. The lowest BCUT2D eigenvalue weighted by Gasteiger charge is -2.25. The monoisotopic (exact) mass is 275 g/mol. The van der Waals surface area contributed by atoms with E-state index in [1.807, 2.05) is 0 Å². The number of benzene rings is 1. The van der Waals surface area contributed by atoms with Crippen molar-refractivity contribution in [1.82, 2.24) is 5.32 Å². The van der Waals surface area contributed by atoms with Gasteiger partial charge in [-0.2, -0.15) is 0 Å². The molecule has 2 rings (SSSR count). The summed E-state index contributed by atoms with van der Waals surface area (Å²) >= 11 is 0. The van der Waals surface area contributed by atoms with Crippen molar-refractivity contribution in [3.8, 4) is 5.75 Å². The van der Waals surface area contributed by atoms with Crippen molar-refractivity contribution < 1.29 is 4.74 Å². The average molecular weight is 275 g/mol. The van der Waals surface area contributed by atoms with Crippen LogP contribution in [0.25, 0.3) is 0 Å². The molecule has 0 aliphatic heterocycles. The summed E-state index contributed by atoms with van der Waals surface area (Å²) in [6.07, 6.45) is 10.9. The SMILES string of the molecule is COc1ccc(CC(C)NC2CCCCCCC2)cc1. The first-order valence-electron chi connectivity index (χ1n) is 8.17. The largest absolute Gasteiger partial charge is 0.497 e. The summed E-state index contributed by atoms with van der Waals surface area (Å²) in [6, 6.07) is 9.73. The summed E-state index contributed by atoms with van der Waals surface area (Å²) in [5.74, 6) is 0.939. The quantitative estimate of drug-likeness (QED) is 0.863. The number of hydrogen-bond acceptors (Lipinski definition) is 2. The van der Waals surface area contributed by atoms with Crippen molar-refractivity contribution >= 4 is 0 Å². The highest BCUT2D eigenvalue weighted by Crippen LogP contribution is 2.18. The molecular weight excluding hydrogens is 246 g/mol. The highest BCUT2D eigenvalue weighted by Gasteiger charge is 2.14. The molecule has 0 heterocycles. The van der Waals surface area contributed by atoms with Crippen LogP contribution in [0.5, 0.6) is 5.75 Å². The first-order chi connectivity index (χ1) is 9.78. The fourth-order valence-electron chi connectivity index (χ4n) is 3.20. The van der Waals surface area contributed by atoms with Gasteiger partial charge in [-0.1, -0.05) is 44.2 Å². The van der Waals surface area contributed by atoms with Crippen LogP contribution in [0.15, 0.2) is 24.3 Å². The standard InChI is InChI=1S/C18H29NO/c1-15(14-16-10-12-18(20-2)13-11-16)19-17-8-6-4-3-5-7-9-17/h10-13,15,17,19H,3-9,14H2,1-2H3. The zero-order chi connectivity index (χ0) is 14.2. The van der Waals surface area contributed by atoms with Gasteiger partial charge in [0.15, 0.2) is 0 Å². The number of hydrogen-bond donors (Lipinski definition) is 1. The third-order valence-corrected chi connectivity index (χ3v) is 4.33. The van der Waals surface area contributed by atoms with Gasteiger partial charge in [-0.25, -0.2) is 0 Å². The van der Waals surface area contributed by atoms with Crippen molar-refractivity contribution in [2.24, 2.45) is 0 Å². The van der Waals surface area contributed by atoms with Crippen LogP contribution in [0, 0.1) is 0 Å². The molecule has 1 N–H and O–H groups in total. The van der Waals surface area contributed by atoms with Crippen LogP contribution in [0.1, 0.15) is 57.4 Å². The molecule has 0 amide bonds. The first-order valence-corrected chi connectivity index (χ1v) is 8.17. The Balaban J connectivity index is 1.79. The van der Waals surface area contributed by atoms with E-state index < -0.39 is 0 Å². The van der Waals surface area contributed by atoms with Gasteiger partial charge in [0.1, 0.15) is 5.75 Å². The molecule has 1 aliphatic carbocycles. The normalized spacial score (nSPS) is 19.1. The number of ether oxygens (including phenoxy) is 1. The predicted octanol–water partition coefficient (Wildman–Crippen LogP) is 4.33. The van der Waals surface area contributed by atoms with Crippen molar-refractivity contribution in [1.29, 1.82) is 0 Å². The van der Waals surface area contributed by atoms with Crippen LogP contribution in [-0.2, 0) is 6.42 Å². The second kappa shape index (κ2) is 8.31. The Bertz CT molecular complexity index is 366. The number of methoxy groups -OCH3 is 1. The molecule has 0 spiro atoms. The Kier molecular flexibility index (Phi) is 6.38. The van der Waals surface area contributed by atoms with Crippen molar-refractivity contribution in [3.63, 3.8) is 0 Å². The van der Waals surface area contributed by atoms with Crippen LogP contribution in [0.4, 0.5) is 0 Å². The highest BCUT2D eigenvalue weighted by atomic mass is 16.5. The number of nitrogens with one attached hydrogen (secondary N) is 1. The highest BCUT2D eigenvalue weighted by molar-refractivity contribution is 5.27. The lowest BCUT2D eigenvalue weighted by molar-refractivity contribution is 0.358. The van der Waals surface area contributed by atoms with E-state index in [9.17, 15) is 0 Å². The van der Waals surface area contributed by atoms with Crippen LogP contribution in [0.3, 0.4) is 0 Å². The maximum atomic E-state index is 5.21. The molecular formula is C18H29NO. The molecule has 2 nitrogen and oxygen atoms in total. The Morgan fingerprint density at radius 2 is 1.65 bits per heavy atom. The van der Waals surface area contributed by atoms with E-state index in [2.05, 4.69) is 36.5 Å². The third kappa shape index (κ3) is 5.16. The fourth-order valence-corrected chi connectivity index (χ4v) is 3.20. The molecule has 1 fully saturated rings. The molecule has 112 valence electrons. The second-order valence-electron chi connectivity index (χ2n) is 6.16. The summed E-state index contributed by atoms with van der Waals surface area (Å²) in [5, 5.41) is 3.83. The van der Waals surface area contributed by atoms with E-state index in [4.69, 9.17) is 4.74 Å². The second-order valence-corrected chi connectivity index (χ2v) is 6.16. The first kappa shape index (κ1) is 15.4. The molecule has 0 aromatic heterocycles. The minimum absolute atomic E-state index is 0.549. The van der Waals surface area contributed by atoms with E-state index in [1.54, 1.807) is 7.11 Å². The topological polar surface area (TPSA) is 21.3 Å². The number of rotatable bonds is 5. The van der Waals surface area contributed by atoms with Crippen LogP contribution < -0.4 is 10.1 Å². The van der Waals surface area contributed by atoms with Crippen molar-refractivity contribution in [2.75, 3.05) is 7.11 Å². The van der Waals surface area contributed by atoms with Gasteiger partial charge in [-0.15, -0.1) is 0 Å². The fraction of sp³-hybridized carbons (Fsp3) is 0.667. The van der Waals surface area contributed by atoms with Crippen molar-refractivity contribution in [2.45, 2.75) is 70.4 Å². The average Bonchev–Trinajstić information content (AvgIpc) is 2.42. The summed E-state index contributed by atoms with van der Waals surface area (Å²) < 4.78 is 5.21. The molecule has 0 bridgehead atoms. The minimum atomic E-state index is 0.549. The van der Waals surface area contributed by atoms with Gasteiger partial charge in [-0.05, 0) is 43.9 Å². The molecule has 2 heteroatoms. The van der Waals surface area contributed by atoms with Gasteiger partial charge in [0.2, 0.25) is 0 Å². The molecule has 1 aromatic carbocycles. The summed E-state index contributed by atoms with van der Waals surface area (Å²) in [6.45, 7) is 2.31. The van der Waals surface area contributed by atoms with Crippen LogP contribution in [-0.4, -0.2) is 19.2 Å². The molecule has 1 aromatic rings. The molecule has 1 saturated carbocycles. The Morgan fingerprint density at radius 1 is 1.05 bits per heavy atom. The third-order valence-electron chi connectivity index (χ3n) is 4.33. The van der Waals surface area contributed by atoms with E-state index in [-0.39, 0.29) is 0 Å². The molecule has 1 aliphatic rings. The van der Waals surface area contributed by atoms with Gasteiger partial charge >= 0.3 is 0 Å². The molecule has 0 radical (unpaired) electrons. The van der Waals surface area contributed by atoms with Gasteiger partial charge in [0.05, 0.1) is 7.11 Å². The molecule has 1 unspecified atom stereocenters. The van der Waals surface area contributed by atoms with Crippen molar-refractivity contribution in [3.05, 3.63) is 29.8 Å². The van der Waals surface area contributed by atoms with E-state index in [1.165, 1.54) is 50.5 Å². The summed E-state index contributed by atoms with van der Waals surface area (Å²) in [5.41, 5.74) is 1.39. The maximum Gasteiger partial charge on any atom is 0.118 e. The molecule has 20 heavy (non-hydrogen) atoms. The summed E-state index contributed by atoms with van der Waals surface area (Å²) in [7, 11) is 1.72. The van der Waals surface area contributed by atoms with Gasteiger partial charge < -0.3 is 10.1 Å². The Morgan fingerprint density at radius 3 is 2.25 bits per heavy atom. The van der Waals surface area contributed by atoms with Crippen LogP contribution >= 0.6 is 0 Å². The van der Waals surface area contributed by atoms with E-state index >= 15 is 0 Å². The minimum Gasteiger partial charge on any atom is -0.497 e. The maximum absolute atomic E-state index is 5.21. The lowest BCUT2D eigenvalue weighted by atomic mass is 9.95. The Hall–Kier alpha value is -1.02. The Labute approximate surface area is 123 Å². The smallest absolute Gasteiger partial charge is 0.118 e. The van der Waals surface area contributed by atoms with Gasteiger partial charge in [-0.3, -0.25) is 0 Å². The van der Waals surface area contributed by atoms with E-state index in [0.29, 0.717) is 6.04 Å². The lowest BCUT2D eigenvalue weighted by Crippen LogP contribution is -2.38. The zero-order valence-corrected chi connectivity index (χ0v) is 13.0. The molecule has 0 saturated heterocycles. The van der Waals surface area contributed by atoms with Gasteiger partial charge in [0.25, 0.3) is 0 Å². The summed E-state index contributed by atoms with van der Waals surface area (Å²) in [4.78, 5) is 0. The predicted molar refractivity (Wildman–Crippen MR) is 85.4 cm³/mol. The van der Waals surface area contributed by atoms with Crippen LogP contribution in [0.2, 0.25) is 0 Å². The van der Waals surface area contributed by atoms with Gasteiger partial charge in [0, 0.05) is 12.1 Å². The molecule has 1 atom stereocenters.